The number of hydrogen-bond donors (Lipinski definition) is 3. The molecule has 4 aromatic rings. The molecular formula is C31H38IN9O3. The Morgan fingerprint density at radius 3 is 2.68 bits per heavy atom. The number of rotatable bonds is 12. The molecule has 1 aliphatic heterocycles. The van der Waals surface area contributed by atoms with Crippen LogP contribution in [0.3, 0.4) is 0 Å². The molecule has 13 heteroatoms. The van der Waals surface area contributed by atoms with Gasteiger partial charge in [-0.1, -0.05) is 28.7 Å². The van der Waals surface area contributed by atoms with E-state index in [4.69, 9.17) is 9.47 Å². The fraction of sp³-hybridized carbons (Fsp3) is 0.387. The topological polar surface area (TPSA) is 131 Å². The molecule has 1 fully saturated rings. The normalized spacial score (nSPS) is 13.9. The molecule has 0 spiro atoms. The summed E-state index contributed by atoms with van der Waals surface area (Å²) in [6, 6.07) is 13.0. The van der Waals surface area contributed by atoms with Crippen LogP contribution in [0.25, 0.3) is 5.82 Å². The van der Waals surface area contributed by atoms with Gasteiger partial charge in [0.15, 0.2) is 5.82 Å². The van der Waals surface area contributed by atoms with E-state index in [-0.39, 0.29) is 5.91 Å². The Morgan fingerprint density at radius 2 is 1.89 bits per heavy atom. The molecule has 0 saturated carbocycles. The van der Waals surface area contributed by atoms with E-state index in [0.717, 1.165) is 68.0 Å². The van der Waals surface area contributed by atoms with Crippen molar-refractivity contribution in [1.29, 1.82) is 0 Å². The molecule has 3 N–H and O–H groups in total. The first-order valence-corrected chi connectivity index (χ1v) is 16.0. The average molecular weight is 712 g/mol. The van der Waals surface area contributed by atoms with Crippen molar-refractivity contribution in [2.75, 3.05) is 60.0 Å². The van der Waals surface area contributed by atoms with E-state index in [2.05, 4.69) is 63.5 Å². The summed E-state index contributed by atoms with van der Waals surface area (Å²) in [7, 11) is 0. The smallest absolute Gasteiger partial charge is 0.255 e. The van der Waals surface area contributed by atoms with E-state index < -0.39 is 5.60 Å². The molecule has 3 aromatic heterocycles. The summed E-state index contributed by atoms with van der Waals surface area (Å²) in [4.78, 5) is 28.9. The van der Waals surface area contributed by atoms with Crippen LogP contribution in [-0.2, 0) is 15.1 Å². The quantitative estimate of drug-likeness (QED) is 0.136. The summed E-state index contributed by atoms with van der Waals surface area (Å²) in [6.07, 6.45) is 3.17. The number of ether oxygens (including phenoxy) is 2. The van der Waals surface area contributed by atoms with Crippen molar-refractivity contribution in [2.45, 2.75) is 33.3 Å². The number of nitrogens with one attached hydrogen (secondary N) is 3. The SMILES string of the molecule is Cc1cc(Nc2cc(NC(=O)c3ccnc(C(C)(C)OCI)c3)ccc2C)n(-c2cc(NCCN3CCOCC3)ncn2)n1. The highest BCUT2D eigenvalue weighted by Gasteiger charge is 2.24. The number of aryl methyl sites for hydroxylation is 2. The van der Waals surface area contributed by atoms with E-state index in [9.17, 15) is 4.79 Å². The largest absolute Gasteiger partial charge is 0.379 e. The maximum Gasteiger partial charge on any atom is 0.255 e. The summed E-state index contributed by atoms with van der Waals surface area (Å²) in [6.45, 7) is 12.9. The predicted octanol–water partition coefficient (Wildman–Crippen LogP) is 5.06. The third-order valence-electron chi connectivity index (χ3n) is 7.35. The second-order valence-electron chi connectivity index (χ2n) is 11.0. The summed E-state index contributed by atoms with van der Waals surface area (Å²) < 4.78 is 13.5. The van der Waals surface area contributed by atoms with E-state index in [1.807, 2.05) is 58.0 Å². The predicted molar refractivity (Wildman–Crippen MR) is 179 cm³/mol. The Hall–Kier alpha value is -3.66. The molecule has 232 valence electrons. The van der Waals surface area contributed by atoms with E-state index in [1.165, 1.54) is 6.33 Å². The number of halogens is 1. The maximum atomic E-state index is 13.2. The first-order valence-electron chi connectivity index (χ1n) is 14.5. The lowest BCUT2D eigenvalue weighted by molar-refractivity contribution is 0.0102. The van der Waals surface area contributed by atoms with Gasteiger partial charge in [-0.05, 0) is 57.5 Å². The van der Waals surface area contributed by atoms with Gasteiger partial charge >= 0.3 is 0 Å². The van der Waals surface area contributed by atoms with E-state index in [0.29, 0.717) is 27.4 Å². The Balaban J connectivity index is 1.29. The minimum Gasteiger partial charge on any atom is -0.379 e. The molecule has 0 unspecified atom stereocenters. The minimum atomic E-state index is -0.608. The van der Waals surface area contributed by atoms with Crippen molar-refractivity contribution in [2.24, 2.45) is 0 Å². The lowest BCUT2D eigenvalue weighted by Crippen LogP contribution is -2.39. The summed E-state index contributed by atoms with van der Waals surface area (Å²) in [5.41, 5.74) is 3.90. The van der Waals surface area contributed by atoms with Gasteiger partial charge in [-0.3, -0.25) is 14.7 Å². The maximum absolute atomic E-state index is 13.2. The average Bonchev–Trinajstić information content (AvgIpc) is 3.39. The van der Waals surface area contributed by atoms with Gasteiger partial charge < -0.3 is 25.4 Å². The van der Waals surface area contributed by atoms with Gasteiger partial charge in [0.2, 0.25) is 0 Å². The van der Waals surface area contributed by atoms with Crippen LogP contribution in [-0.4, -0.2) is 79.5 Å². The number of alkyl halides is 1. The van der Waals surface area contributed by atoms with Crippen LogP contribution in [0.5, 0.6) is 0 Å². The van der Waals surface area contributed by atoms with Crippen LogP contribution < -0.4 is 16.0 Å². The highest BCUT2D eigenvalue weighted by atomic mass is 127. The Kier molecular flexibility index (Phi) is 10.4. The first kappa shape index (κ1) is 31.8. The lowest BCUT2D eigenvalue weighted by Gasteiger charge is -2.26. The van der Waals surface area contributed by atoms with Crippen molar-refractivity contribution >= 4 is 51.5 Å². The molecule has 1 aromatic carbocycles. The van der Waals surface area contributed by atoms with Gasteiger partial charge in [0, 0.05) is 61.4 Å². The zero-order valence-electron chi connectivity index (χ0n) is 25.4. The van der Waals surface area contributed by atoms with Crippen molar-refractivity contribution in [3.63, 3.8) is 0 Å². The number of carbonyl (C=O) groups excluding carboxylic acids is 1. The Bertz CT molecular complexity index is 1590. The van der Waals surface area contributed by atoms with Crippen LogP contribution in [0.15, 0.2) is 55.0 Å². The fourth-order valence-corrected chi connectivity index (χ4v) is 5.56. The van der Waals surface area contributed by atoms with Crippen molar-refractivity contribution < 1.29 is 14.3 Å². The van der Waals surface area contributed by atoms with Crippen molar-refractivity contribution in [1.82, 2.24) is 29.6 Å². The summed E-state index contributed by atoms with van der Waals surface area (Å²) in [5.74, 6) is 1.87. The molecule has 0 radical (unpaired) electrons. The molecular weight excluding hydrogens is 673 g/mol. The highest BCUT2D eigenvalue weighted by Crippen LogP contribution is 2.28. The third kappa shape index (κ3) is 8.08. The van der Waals surface area contributed by atoms with Crippen LogP contribution in [0, 0.1) is 13.8 Å². The van der Waals surface area contributed by atoms with Gasteiger partial charge in [0.05, 0.1) is 29.2 Å². The van der Waals surface area contributed by atoms with E-state index in [1.54, 1.807) is 23.0 Å². The number of aromatic nitrogens is 5. The second-order valence-corrected chi connectivity index (χ2v) is 11.7. The number of pyridine rings is 1. The van der Waals surface area contributed by atoms with Gasteiger partial charge in [-0.2, -0.15) is 9.78 Å². The Morgan fingerprint density at radius 1 is 1.07 bits per heavy atom. The van der Waals surface area contributed by atoms with Gasteiger partial charge in [-0.15, -0.1) is 0 Å². The van der Waals surface area contributed by atoms with Gasteiger partial charge in [-0.25, -0.2) is 9.97 Å². The Labute approximate surface area is 271 Å². The van der Waals surface area contributed by atoms with Gasteiger partial charge in [0.1, 0.15) is 23.6 Å². The number of benzene rings is 1. The fourth-order valence-electron chi connectivity index (χ4n) is 4.78. The van der Waals surface area contributed by atoms with Crippen molar-refractivity contribution in [3.8, 4) is 5.82 Å². The molecule has 1 amide bonds. The van der Waals surface area contributed by atoms with Crippen molar-refractivity contribution in [3.05, 3.63) is 77.5 Å². The number of morpholine rings is 1. The monoisotopic (exact) mass is 711 g/mol. The third-order valence-corrected chi connectivity index (χ3v) is 7.66. The minimum absolute atomic E-state index is 0.232. The molecule has 12 nitrogen and oxygen atoms in total. The highest BCUT2D eigenvalue weighted by molar-refractivity contribution is 14.1. The number of hydrogen-bond acceptors (Lipinski definition) is 10. The molecule has 5 rings (SSSR count). The molecule has 4 heterocycles. The number of anilines is 4. The zero-order valence-corrected chi connectivity index (χ0v) is 27.6. The summed E-state index contributed by atoms with van der Waals surface area (Å²) in [5, 5.41) is 14.6. The van der Waals surface area contributed by atoms with Crippen LogP contribution in [0.2, 0.25) is 0 Å². The number of amides is 1. The molecule has 0 bridgehead atoms. The molecule has 1 saturated heterocycles. The standard InChI is InChI=1S/C31H38IN9O3/c1-21-5-6-24(37-30(42)23-7-8-33-26(16-23)31(3,4)44-19-32)17-25(21)38-29-15-22(2)39-41(29)28-18-27(35-20-36-28)34-9-10-40-11-13-43-14-12-40/h5-8,15-18,20,38H,9-14,19H2,1-4H3,(H,37,42)(H,34,35,36). The van der Waals surface area contributed by atoms with Crippen LogP contribution >= 0.6 is 22.6 Å². The first-order chi connectivity index (χ1) is 21.2. The molecule has 1 aliphatic rings. The number of carbonyl (C=O) groups is 1. The zero-order chi connectivity index (χ0) is 31.1. The molecule has 44 heavy (non-hydrogen) atoms. The second kappa shape index (κ2) is 14.4. The lowest BCUT2D eigenvalue weighted by atomic mass is 10.0. The van der Waals surface area contributed by atoms with Gasteiger partial charge in [0.25, 0.3) is 5.91 Å². The summed E-state index contributed by atoms with van der Waals surface area (Å²) >= 11 is 2.15. The molecule has 0 atom stereocenters. The van der Waals surface area contributed by atoms with Crippen LogP contribution in [0.1, 0.15) is 41.2 Å². The molecule has 0 aliphatic carbocycles. The van der Waals surface area contributed by atoms with Crippen LogP contribution in [0.4, 0.5) is 23.0 Å². The van der Waals surface area contributed by atoms with E-state index >= 15 is 0 Å². The number of nitrogens with zero attached hydrogens (tertiary/aromatic N) is 6.